The molecule has 0 aliphatic carbocycles. The summed E-state index contributed by atoms with van der Waals surface area (Å²) in [7, 11) is 0. The number of carbonyl (C=O) groups is 2. The Balaban J connectivity index is 2.49. The maximum absolute atomic E-state index is 13.0. The predicted octanol–water partition coefficient (Wildman–Crippen LogP) is 0.339. The molecule has 5 nitrogen and oxygen atoms in total. The zero-order valence-corrected chi connectivity index (χ0v) is 13.4. The molecule has 0 unspecified atom stereocenters. The summed E-state index contributed by atoms with van der Waals surface area (Å²) in [5.74, 6) is -0.374. The van der Waals surface area contributed by atoms with Crippen molar-refractivity contribution in [1.82, 2.24) is 10.6 Å². The van der Waals surface area contributed by atoms with Gasteiger partial charge in [0.2, 0.25) is 5.91 Å². The van der Waals surface area contributed by atoms with Gasteiger partial charge in [0.05, 0.1) is 6.54 Å². The fraction of sp³-hybridized carbons (Fsp3) is 0.500. The van der Waals surface area contributed by atoms with Crippen molar-refractivity contribution in [1.29, 1.82) is 0 Å². The third kappa shape index (κ3) is 6.22. The van der Waals surface area contributed by atoms with Gasteiger partial charge in [-0.2, -0.15) is 0 Å². The number of benzene rings is 1. The van der Waals surface area contributed by atoms with Gasteiger partial charge in [0.15, 0.2) is 6.54 Å². The molecule has 0 saturated carbocycles. The number of rotatable bonds is 8. The van der Waals surface area contributed by atoms with Gasteiger partial charge in [-0.05, 0) is 19.1 Å². The number of amides is 2. The molecule has 0 aliphatic heterocycles. The van der Waals surface area contributed by atoms with Gasteiger partial charge >= 0.3 is 0 Å². The second-order valence-electron chi connectivity index (χ2n) is 5.49. The van der Waals surface area contributed by atoms with E-state index in [1.54, 1.807) is 12.1 Å². The molecule has 0 aromatic heterocycles. The Bertz CT molecular complexity index is 489. The molecule has 0 spiro atoms. The molecule has 6 heteroatoms. The molecule has 1 atom stereocenters. The molecule has 22 heavy (non-hydrogen) atoms. The summed E-state index contributed by atoms with van der Waals surface area (Å²) in [6, 6.07) is 6.39. The normalized spacial score (nSPS) is 12.0. The highest BCUT2D eigenvalue weighted by Crippen LogP contribution is 2.17. The summed E-state index contributed by atoms with van der Waals surface area (Å²) < 4.78 is 13.0. The monoisotopic (exact) mass is 310 g/mol. The Morgan fingerprint density at radius 2 is 1.77 bits per heavy atom. The van der Waals surface area contributed by atoms with Crippen molar-refractivity contribution < 1.29 is 19.3 Å². The van der Waals surface area contributed by atoms with E-state index in [9.17, 15) is 14.0 Å². The number of nitrogens with two attached hydrogens (primary N) is 1. The van der Waals surface area contributed by atoms with Crippen molar-refractivity contribution in [2.75, 3.05) is 19.6 Å². The number of quaternary nitrogens is 1. The van der Waals surface area contributed by atoms with Crippen LogP contribution in [0, 0.1) is 11.7 Å². The molecule has 0 saturated heterocycles. The highest BCUT2D eigenvalue weighted by Gasteiger charge is 2.20. The lowest BCUT2D eigenvalue weighted by Gasteiger charge is -2.19. The van der Waals surface area contributed by atoms with Gasteiger partial charge in [-0.15, -0.1) is 0 Å². The Labute approximate surface area is 130 Å². The van der Waals surface area contributed by atoms with Crippen LogP contribution >= 0.6 is 0 Å². The predicted molar refractivity (Wildman–Crippen MR) is 82.5 cm³/mol. The van der Waals surface area contributed by atoms with Crippen LogP contribution in [0.2, 0.25) is 0 Å². The van der Waals surface area contributed by atoms with Crippen LogP contribution in [-0.4, -0.2) is 31.4 Å². The molecule has 2 amide bonds. The van der Waals surface area contributed by atoms with Crippen molar-refractivity contribution in [3.05, 3.63) is 35.6 Å². The van der Waals surface area contributed by atoms with Crippen LogP contribution in [0.25, 0.3) is 0 Å². The summed E-state index contributed by atoms with van der Waals surface area (Å²) in [6.07, 6.45) is 0. The van der Waals surface area contributed by atoms with E-state index in [4.69, 9.17) is 0 Å². The van der Waals surface area contributed by atoms with Gasteiger partial charge in [-0.3, -0.25) is 9.59 Å². The molecule has 122 valence electrons. The van der Waals surface area contributed by atoms with E-state index in [1.165, 1.54) is 12.1 Å². The van der Waals surface area contributed by atoms with Crippen LogP contribution < -0.4 is 16.0 Å². The molecule has 0 radical (unpaired) electrons. The van der Waals surface area contributed by atoms with E-state index in [0.717, 1.165) is 5.56 Å². The smallest absolute Gasteiger partial charge is 0.275 e. The topological polar surface area (TPSA) is 74.8 Å². The summed E-state index contributed by atoms with van der Waals surface area (Å²) >= 11 is 0. The molecule has 1 aromatic carbocycles. The maximum Gasteiger partial charge on any atom is 0.275 e. The second-order valence-corrected chi connectivity index (χ2v) is 5.49. The largest absolute Gasteiger partial charge is 0.355 e. The van der Waals surface area contributed by atoms with Crippen molar-refractivity contribution in [3.63, 3.8) is 0 Å². The third-order valence-electron chi connectivity index (χ3n) is 3.35. The SMILES string of the molecule is CCNC(=O)CNC(=O)C[NH2+][C@@H](c1ccc(F)cc1)C(C)C. The van der Waals surface area contributed by atoms with E-state index in [-0.39, 0.29) is 36.8 Å². The van der Waals surface area contributed by atoms with Crippen LogP contribution in [0.1, 0.15) is 32.4 Å². The third-order valence-corrected chi connectivity index (χ3v) is 3.35. The summed E-state index contributed by atoms with van der Waals surface area (Å²) in [6.45, 7) is 6.68. The van der Waals surface area contributed by atoms with E-state index in [2.05, 4.69) is 24.5 Å². The molecule has 1 rings (SSSR count). The fourth-order valence-electron chi connectivity index (χ4n) is 2.22. The van der Waals surface area contributed by atoms with Crippen molar-refractivity contribution in [2.45, 2.75) is 26.8 Å². The first kappa shape index (κ1) is 18.1. The Morgan fingerprint density at radius 3 is 2.32 bits per heavy atom. The van der Waals surface area contributed by atoms with E-state index < -0.39 is 0 Å². The first-order chi connectivity index (χ1) is 10.4. The van der Waals surface area contributed by atoms with Crippen LogP contribution in [0.4, 0.5) is 4.39 Å². The lowest BCUT2D eigenvalue weighted by Crippen LogP contribution is -2.88. The average molecular weight is 310 g/mol. The van der Waals surface area contributed by atoms with E-state index >= 15 is 0 Å². The van der Waals surface area contributed by atoms with Gasteiger partial charge in [-0.25, -0.2) is 4.39 Å². The quantitative estimate of drug-likeness (QED) is 0.648. The molecule has 0 fully saturated rings. The molecule has 0 bridgehead atoms. The first-order valence-electron chi connectivity index (χ1n) is 7.56. The number of hydrogen-bond acceptors (Lipinski definition) is 2. The van der Waals surface area contributed by atoms with Crippen LogP contribution in [0.5, 0.6) is 0 Å². The van der Waals surface area contributed by atoms with Gasteiger partial charge in [0.25, 0.3) is 5.91 Å². The molecule has 0 heterocycles. The minimum atomic E-state index is -0.272. The van der Waals surface area contributed by atoms with Crippen LogP contribution in [-0.2, 0) is 9.59 Å². The standard InChI is InChI=1S/C16H24FN3O2/c1-4-18-14(21)9-19-15(22)10-20-16(11(2)3)12-5-7-13(17)8-6-12/h5-8,11,16,20H,4,9-10H2,1-3H3,(H,18,21)(H,19,22)/p+1/t16-/m1/s1. The Morgan fingerprint density at radius 1 is 1.14 bits per heavy atom. The van der Waals surface area contributed by atoms with Gasteiger partial charge in [0.1, 0.15) is 11.9 Å². The molecule has 4 N–H and O–H groups in total. The first-order valence-corrected chi connectivity index (χ1v) is 7.56. The lowest BCUT2D eigenvalue weighted by molar-refractivity contribution is -0.692. The van der Waals surface area contributed by atoms with Crippen LogP contribution in [0.3, 0.4) is 0 Å². The number of hydrogen-bond donors (Lipinski definition) is 3. The Hall–Kier alpha value is -1.95. The van der Waals surface area contributed by atoms with E-state index in [0.29, 0.717) is 12.5 Å². The Kier molecular flexibility index (Phi) is 7.52. The van der Waals surface area contributed by atoms with Crippen molar-refractivity contribution >= 4 is 11.8 Å². The molecular formula is C16H25FN3O2+. The maximum atomic E-state index is 13.0. The number of carbonyl (C=O) groups excluding carboxylic acids is 2. The number of likely N-dealkylation sites (N-methyl/N-ethyl adjacent to an activating group) is 1. The van der Waals surface area contributed by atoms with Crippen LogP contribution in [0.15, 0.2) is 24.3 Å². The number of halogens is 1. The highest BCUT2D eigenvalue weighted by atomic mass is 19.1. The summed E-state index contributed by atoms with van der Waals surface area (Å²) in [4.78, 5) is 23.1. The fourth-order valence-corrected chi connectivity index (χ4v) is 2.22. The highest BCUT2D eigenvalue weighted by molar-refractivity contribution is 5.84. The second kappa shape index (κ2) is 9.15. The summed E-state index contributed by atoms with van der Waals surface area (Å²) in [5, 5.41) is 7.10. The van der Waals surface area contributed by atoms with Gasteiger partial charge < -0.3 is 16.0 Å². The van der Waals surface area contributed by atoms with Gasteiger partial charge in [0, 0.05) is 18.0 Å². The van der Waals surface area contributed by atoms with Crippen molar-refractivity contribution in [3.8, 4) is 0 Å². The summed E-state index contributed by atoms with van der Waals surface area (Å²) in [5.41, 5.74) is 0.980. The zero-order valence-electron chi connectivity index (χ0n) is 13.4. The minimum Gasteiger partial charge on any atom is -0.355 e. The zero-order chi connectivity index (χ0) is 16.5. The lowest BCUT2D eigenvalue weighted by atomic mass is 9.96. The van der Waals surface area contributed by atoms with Crippen molar-refractivity contribution in [2.24, 2.45) is 5.92 Å². The molecular weight excluding hydrogens is 285 g/mol. The molecule has 0 aliphatic rings. The number of nitrogens with one attached hydrogen (secondary N) is 2. The average Bonchev–Trinajstić information content (AvgIpc) is 2.47. The van der Waals surface area contributed by atoms with E-state index in [1.807, 2.05) is 12.2 Å². The molecule has 1 aromatic rings. The van der Waals surface area contributed by atoms with Gasteiger partial charge in [-0.1, -0.05) is 26.0 Å². The minimum absolute atomic E-state index is 0.0105.